The lowest BCUT2D eigenvalue weighted by Crippen LogP contribution is -2.32. The van der Waals surface area contributed by atoms with Crippen LogP contribution in [0.1, 0.15) is 19.8 Å². The molecule has 0 aliphatic rings. The molecule has 0 aliphatic carbocycles. The van der Waals surface area contributed by atoms with Crippen LogP contribution in [0.4, 0.5) is 4.39 Å². The van der Waals surface area contributed by atoms with Crippen molar-refractivity contribution < 1.29 is 17.9 Å². The molecule has 1 unspecified atom stereocenters. The van der Waals surface area contributed by atoms with E-state index >= 15 is 0 Å². The van der Waals surface area contributed by atoms with Crippen LogP contribution in [-0.2, 0) is 10.0 Å². The first-order valence-corrected chi connectivity index (χ1v) is 7.84. The first kappa shape index (κ1) is 16.7. The lowest BCUT2D eigenvalue weighted by atomic mass is 10.2. The SMILES string of the molecule is CCCC(O)CNS(=O)(=O)c1ccc(Cl)c(F)c1Cl. The molecule has 1 rings (SSSR count). The van der Waals surface area contributed by atoms with Crippen molar-refractivity contribution >= 4 is 33.2 Å². The Morgan fingerprint density at radius 2 is 2.05 bits per heavy atom. The van der Waals surface area contributed by atoms with Gasteiger partial charge in [-0.2, -0.15) is 0 Å². The molecule has 2 N–H and O–H groups in total. The van der Waals surface area contributed by atoms with Crippen LogP contribution in [0.3, 0.4) is 0 Å². The van der Waals surface area contributed by atoms with Crippen molar-refractivity contribution in [3.63, 3.8) is 0 Å². The molecular weight excluding hydrogens is 316 g/mol. The Kier molecular flexibility index (Phi) is 6.01. The molecule has 8 heteroatoms. The van der Waals surface area contributed by atoms with Crippen LogP contribution in [0.5, 0.6) is 0 Å². The van der Waals surface area contributed by atoms with Gasteiger partial charge in [-0.05, 0) is 18.6 Å². The van der Waals surface area contributed by atoms with Crippen LogP contribution >= 0.6 is 23.2 Å². The standard InChI is InChI=1S/C11H14Cl2FNO3S/c1-2-3-7(16)6-15-19(17,18)9-5-4-8(12)11(14)10(9)13/h4-5,7,15-16H,2-3,6H2,1H3. The number of halogens is 3. The van der Waals surface area contributed by atoms with E-state index in [0.29, 0.717) is 6.42 Å². The number of aliphatic hydroxyl groups is 1. The zero-order chi connectivity index (χ0) is 14.6. The summed E-state index contributed by atoms with van der Waals surface area (Å²) in [6, 6.07) is 2.22. The van der Waals surface area contributed by atoms with Crippen LogP contribution in [0.2, 0.25) is 10.0 Å². The highest BCUT2D eigenvalue weighted by Gasteiger charge is 2.22. The quantitative estimate of drug-likeness (QED) is 0.788. The molecular formula is C11H14Cl2FNO3S. The summed E-state index contributed by atoms with van der Waals surface area (Å²) in [5, 5.41) is 8.65. The van der Waals surface area contributed by atoms with Crippen molar-refractivity contribution in [3.8, 4) is 0 Å². The summed E-state index contributed by atoms with van der Waals surface area (Å²) in [5.74, 6) is -0.986. The summed E-state index contributed by atoms with van der Waals surface area (Å²) >= 11 is 11.1. The van der Waals surface area contributed by atoms with E-state index in [0.717, 1.165) is 18.6 Å². The molecule has 4 nitrogen and oxygen atoms in total. The zero-order valence-corrected chi connectivity index (χ0v) is 12.5. The minimum absolute atomic E-state index is 0.156. The van der Waals surface area contributed by atoms with Gasteiger partial charge in [0, 0.05) is 6.54 Å². The Balaban J connectivity index is 2.92. The molecule has 0 aromatic heterocycles. The fourth-order valence-corrected chi connectivity index (χ4v) is 3.25. The number of nitrogens with one attached hydrogen (secondary N) is 1. The Morgan fingerprint density at radius 3 is 2.63 bits per heavy atom. The average molecular weight is 330 g/mol. The van der Waals surface area contributed by atoms with E-state index in [1.54, 1.807) is 0 Å². The molecule has 0 amide bonds. The summed E-state index contributed by atoms with van der Waals surface area (Å²) in [5.41, 5.74) is 0. The second-order valence-corrected chi connectivity index (χ2v) is 6.49. The van der Waals surface area contributed by atoms with E-state index in [1.807, 2.05) is 6.92 Å². The van der Waals surface area contributed by atoms with Gasteiger partial charge in [-0.25, -0.2) is 17.5 Å². The highest BCUT2D eigenvalue weighted by atomic mass is 35.5. The predicted molar refractivity (Wildman–Crippen MR) is 72.5 cm³/mol. The minimum Gasteiger partial charge on any atom is -0.392 e. The summed E-state index contributed by atoms with van der Waals surface area (Å²) in [4.78, 5) is -0.403. The molecule has 0 spiro atoms. The van der Waals surface area contributed by atoms with E-state index < -0.39 is 31.9 Å². The van der Waals surface area contributed by atoms with Gasteiger partial charge in [0.15, 0.2) is 5.82 Å². The number of hydrogen-bond acceptors (Lipinski definition) is 3. The van der Waals surface area contributed by atoms with Crippen molar-refractivity contribution in [1.29, 1.82) is 0 Å². The second kappa shape index (κ2) is 6.85. The van der Waals surface area contributed by atoms with Gasteiger partial charge >= 0.3 is 0 Å². The van der Waals surface area contributed by atoms with Crippen LogP contribution in [-0.4, -0.2) is 26.2 Å². The lowest BCUT2D eigenvalue weighted by molar-refractivity contribution is 0.167. The third kappa shape index (κ3) is 4.29. The highest BCUT2D eigenvalue weighted by molar-refractivity contribution is 7.89. The van der Waals surface area contributed by atoms with Gasteiger partial charge in [0.05, 0.1) is 16.1 Å². The second-order valence-electron chi connectivity index (χ2n) is 3.97. The Morgan fingerprint density at radius 1 is 1.42 bits per heavy atom. The summed E-state index contributed by atoms with van der Waals surface area (Å²) < 4.78 is 39.4. The molecule has 0 radical (unpaired) electrons. The van der Waals surface area contributed by atoms with Gasteiger partial charge in [-0.3, -0.25) is 0 Å². The maximum Gasteiger partial charge on any atom is 0.242 e. The number of rotatable bonds is 6. The molecule has 108 valence electrons. The molecule has 1 aromatic rings. The molecule has 0 saturated carbocycles. The number of benzene rings is 1. The van der Waals surface area contributed by atoms with E-state index in [2.05, 4.69) is 4.72 Å². The van der Waals surface area contributed by atoms with E-state index in [4.69, 9.17) is 23.2 Å². The summed E-state index contributed by atoms with van der Waals surface area (Å²) in [7, 11) is -3.98. The Hall–Kier alpha value is -0.400. The highest BCUT2D eigenvalue weighted by Crippen LogP contribution is 2.29. The summed E-state index contributed by atoms with van der Waals surface area (Å²) in [6.45, 7) is 1.71. The minimum atomic E-state index is -3.98. The molecule has 0 aliphatic heterocycles. The van der Waals surface area contributed by atoms with Crippen LogP contribution < -0.4 is 4.72 Å². The topological polar surface area (TPSA) is 66.4 Å². The predicted octanol–water partition coefficient (Wildman–Crippen LogP) is 2.57. The van der Waals surface area contributed by atoms with Gasteiger partial charge in [-0.1, -0.05) is 36.5 Å². The fourth-order valence-electron chi connectivity index (χ4n) is 1.43. The molecule has 19 heavy (non-hydrogen) atoms. The van der Waals surface area contributed by atoms with Gasteiger partial charge in [0.1, 0.15) is 4.90 Å². The fraction of sp³-hybridized carbons (Fsp3) is 0.455. The number of hydrogen-bond donors (Lipinski definition) is 2. The third-order valence-electron chi connectivity index (χ3n) is 2.42. The zero-order valence-electron chi connectivity index (χ0n) is 10.2. The number of aliphatic hydroxyl groups excluding tert-OH is 1. The number of sulfonamides is 1. The first-order chi connectivity index (χ1) is 8.79. The van der Waals surface area contributed by atoms with Crippen LogP contribution in [0.15, 0.2) is 17.0 Å². The molecule has 0 saturated heterocycles. The molecule has 0 fully saturated rings. The Bertz CT molecular complexity index is 551. The van der Waals surface area contributed by atoms with Gasteiger partial charge in [0.25, 0.3) is 0 Å². The molecule has 0 bridgehead atoms. The maximum absolute atomic E-state index is 13.4. The van der Waals surface area contributed by atoms with Crippen molar-refractivity contribution in [2.45, 2.75) is 30.8 Å². The molecule has 1 atom stereocenters. The Labute approximate surface area is 121 Å². The molecule has 0 heterocycles. The van der Waals surface area contributed by atoms with Crippen molar-refractivity contribution in [3.05, 3.63) is 28.0 Å². The average Bonchev–Trinajstić information content (AvgIpc) is 2.34. The monoisotopic (exact) mass is 329 g/mol. The van der Waals surface area contributed by atoms with E-state index in [-0.39, 0.29) is 11.6 Å². The van der Waals surface area contributed by atoms with Gasteiger partial charge in [0.2, 0.25) is 10.0 Å². The maximum atomic E-state index is 13.4. The normalized spacial score (nSPS) is 13.5. The lowest BCUT2D eigenvalue weighted by Gasteiger charge is -2.12. The van der Waals surface area contributed by atoms with Crippen LogP contribution in [0, 0.1) is 5.82 Å². The molecule has 1 aromatic carbocycles. The largest absolute Gasteiger partial charge is 0.392 e. The van der Waals surface area contributed by atoms with E-state index in [9.17, 15) is 17.9 Å². The van der Waals surface area contributed by atoms with Crippen LogP contribution in [0.25, 0.3) is 0 Å². The van der Waals surface area contributed by atoms with Gasteiger partial charge < -0.3 is 5.11 Å². The van der Waals surface area contributed by atoms with Gasteiger partial charge in [-0.15, -0.1) is 0 Å². The third-order valence-corrected chi connectivity index (χ3v) is 4.66. The van der Waals surface area contributed by atoms with Crippen molar-refractivity contribution in [2.24, 2.45) is 0 Å². The van der Waals surface area contributed by atoms with Crippen molar-refractivity contribution in [1.82, 2.24) is 4.72 Å². The summed E-state index contributed by atoms with van der Waals surface area (Å²) in [6.07, 6.45) is 0.389. The van der Waals surface area contributed by atoms with E-state index in [1.165, 1.54) is 0 Å². The smallest absolute Gasteiger partial charge is 0.242 e. The first-order valence-electron chi connectivity index (χ1n) is 5.60. The van der Waals surface area contributed by atoms with Crippen molar-refractivity contribution in [2.75, 3.05) is 6.54 Å².